The van der Waals surface area contributed by atoms with Gasteiger partial charge in [0.25, 0.3) is 5.95 Å². The quantitative estimate of drug-likeness (QED) is 0.626. The van der Waals surface area contributed by atoms with Crippen LogP contribution < -0.4 is 10.6 Å². The highest BCUT2D eigenvalue weighted by atomic mass is 16.6. The average Bonchev–Trinajstić information content (AvgIpc) is 3.00. The number of carboxylic acid groups (broad SMARTS) is 1. The Hall–Kier alpha value is -3.69. The summed E-state index contributed by atoms with van der Waals surface area (Å²) in [5, 5.41) is 18.7. The second kappa shape index (κ2) is 7.14. The first kappa shape index (κ1) is 19.1. The first-order valence-electron chi connectivity index (χ1n) is 8.44. The maximum absolute atomic E-state index is 11.9. The zero-order valence-electron chi connectivity index (χ0n) is 15.8. The lowest BCUT2D eigenvalue weighted by Gasteiger charge is -2.18. The first-order chi connectivity index (χ1) is 13.2. The van der Waals surface area contributed by atoms with Crippen LogP contribution in [0.5, 0.6) is 0 Å². The molecule has 0 saturated carbocycles. The number of carbonyl (C=O) groups is 2. The molecule has 0 atom stereocenters. The number of nitrogens with one attached hydrogen (secondary N) is 2. The van der Waals surface area contributed by atoms with Crippen LogP contribution >= 0.6 is 0 Å². The lowest BCUT2D eigenvalue weighted by atomic mass is 10.1. The molecule has 3 N–H and O–H groups in total. The minimum atomic E-state index is -1.08. The largest absolute Gasteiger partial charge is 0.478 e. The van der Waals surface area contributed by atoms with Gasteiger partial charge in [0.2, 0.25) is 0 Å². The SMILES string of the molecule is CNc1ncc(-c2ccn3nc(NC(=O)OC(C)(C)C)nc3c2)cc1C(=O)O. The van der Waals surface area contributed by atoms with E-state index in [2.05, 4.69) is 25.7 Å². The third-order valence-corrected chi connectivity index (χ3v) is 3.64. The highest BCUT2D eigenvalue weighted by Gasteiger charge is 2.18. The fourth-order valence-corrected chi connectivity index (χ4v) is 2.49. The maximum atomic E-state index is 11.9. The van der Waals surface area contributed by atoms with Crippen molar-refractivity contribution in [1.29, 1.82) is 0 Å². The standard InChI is InChI=1S/C18H20N6O4/c1-18(2,3)28-17(27)22-16-21-13-8-10(5-6-24(13)23-16)11-7-12(15(25)26)14(19-4)20-9-11/h5-9H,1-4H3,(H,19,20)(H,25,26)(H,22,23,27). The van der Waals surface area contributed by atoms with Crippen LogP contribution in [0, 0.1) is 0 Å². The zero-order chi connectivity index (χ0) is 20.5. The fraction of sp³-hybridized carbons (Fsp3) is 0.278. The number of aromatic nitrogens is 4. The summed E-state index contributed by atoms with van der Waals surface area (Å²) in [5.41, 5.74) is 1.22. The summed E-state index contributed by atoms with van der Waals surface area (Å²) >= 11 is 0. The molecule has 0 radical (unpaired) electrons. The van der Waals surface area contributed by atoms with Crippen LogP contribution in [0.2, 0.25) is 0 Å². The molecular formula is C18H20N6O4. The van der Waals surface area contributed by atoms with E-state index in [0.29, 0.717) is 16.8 Å². The summed E-state index contributed by atoms with van der Waals surface area (Å²) in [7, 11) is 1.61. The van der Waals surface area contributed by atoms with Crippen molar-refractivity contribution in [2.45, 2.75) is 26.4 Å². The zero-order valence-corrected chi connectivity index (χ0v) is 15.8. The summed E-state index contributed by atoms with van der Waals surface area (Å²) < 4.78 is 6.67. The van der Waals surface area contributed by atoms with Gasteiger partial charge in [-0.25, -0.2) is 19.1 Å². The number of hydrogen-bond acceptors (Lipinski definition) is 7. The number of ether oxygens (including phenoxy) is 1. The third-order valence-electron chi connectivity index (χ3n) is 3.64. The number of pyridine rings is 2. The summed E-state index contributed by atoms with van der Waals surface area (Å²) in [6.07, 6.45) is 2.58. The molecule has 3 aromatic heterocycles. The Kier molecular flexibility index (Phi) is 4.87. The molecule has 3 heterocycles. The number of hydrogen-bond donors (Lipinski definition) is 3. The van der Waals surface area contributed by atoms with Crippen molar-refractivity contribution < 1.29 is 19.4 Å². The topological polar surface area (TPSA) is 131 Å². The number of anilines is 2. The molecule has 0 bridgehead atoms. The highest BCUT2D eigenvalue weighted by molar-refractivity contribution is 5.94. The van der Waals surface area contributed by atoms with Gasteiger partial charge in [0.1, 0.15) is 17.0 Å². The van der Waals surface area contributed by atoms with Gasteiger partial charge in [0.15, 0.2) is 5.65 Å². The van der Waals surface area contributed by atoms with E-state index in [1.165, 1.54) is 10.6 Å². The monoisotopic (exact) mass is 384 g/mol. The van der Waals surface area contributed by atoms with Crippen LogP contribution in [0.25, 0.3) is 16.8 Å². The van der Waals surface area contributed by atoms with Gasteiger partial charge < -0.3 is 15.2 Å². The molecule has 0 aliphatic carbocycles. The Morgan fingerprint density at radius 2 is 1.96 bits per heavy atom. The summed E-state index contributed by atoms with van der Waals surface area (Å²) in [5.74, 6) is -0.698. The van der Waals surface area contributed by atoms with Gasteiger partial charge >= 0.3 is 12.1 Å². The predicted octanol–water partition coefficient (Wildman–Crippen LogP) is 2.88. The summed E-state index contributed by atoms with van der Waals surface area (Å²) in [6, 6.07) is 5.00. The second-order valence-electron chi connectivity index (χ2n) is 6.96. The van der Waals surface area contributed by atoms with E-state index in [1.54, 1.807) is 52.3 Å². The number of aromatic carboxylic acids is 1. The molecule has 1 amide bonds. The number of amides is 1. The molecule has 3 aromatic rings. The van der Waals surface area contributed by atoms with Crippen molar-refractivity contribution in [3.63, 3.8) is 0 Å². The molecular weight excluding hydrogens is 364 g/mol. The highest BCUT2D eigenvalue weighted by Crippen LogP contribution is 2.24. The second-order valence-corrected chi connectivity index (χ2v) is 6.96. The van der Waals surface area contributed by atoms with Gasteiger partial charge in [-0.05, 0) is 44.5 Å². The van der Waals surface area contributed by atoms with Crippen LogP contribution in [0.15, 0.2) is 30.6 Å². The van der Waals surface area contributed by atoms with E-state index in [9.17, 15) is 14.7 Å². The molecule has 0 aromatic carbocycles. The van der Waals surface area contributed by atoms with E-state index in [-0.39, 0.29) is 17.3 Å². The van der Waals surface area contributed by atoms with E-state index in [0.717, 1.165) is 0 Å². The molecule has 3 rings (SSSR count). The molecule has 0 aliphatic heterocycles. The van der Waals surface area contributed by atoms with Crippen molar-refractivity contribution >= 4 is 29.5 Å². The van der Waals surface area contributed by atoms with Gasteiger partial charge in [0.05, 0.1) is 0 Å². The Morgan fingerprint density at radius 1 is 1.21 bits per heavy atom. The first-order valence-corrected chi connectivity index (χ1v) is 8.44. The van der Waals surface area contributed by atoms with Gasteiger partial charge in [-0.3, -0.25) is 5.32 Å². The molecule has 0 aliphatic rings. The fourth-order valence-electron chi connectivity index (χ4n) is 2.49. The molecule has 10 heteroatoms. The average molecular weight is 384 g/mol. The van der Waals surface area contributed by atoms with Crippen LogP contribution in [-0.4, -0.2) is 49.4 Å². The molecule has 0 fully saturated rings. The molecule has 146 valence electrons. The molecule has 28 heavy (non-hydrogen) atoms. The van der Waals surface area contributed by atoms with Crippen molar-refractivity contribution in [3.8, 4) is 11.1 Å². The van der Waals surface area contributed by atoms with E-state index >= 15 is 0 Å². The van der Waals surface area contributed by atoms with Crippen molar-refractivity contribution in [3.05, 3.63) is 36.2 Å². The summed E-state index contributed by atoms with van der Waals surface area (Å²) in [4.78, 5) is 31.7. The van der Waals surface area contributed by atoms with Crippen LogP contribution in [0.1, 0.15) is 31.1 Å². The minimum Gasteiger partial charge on any atom is -0.478 e. The number of carbonyl (C=O) groups excluding carboxylic acids is 1. The number of nitrogens with zero attached hydrogens (tertiary/aromatic N) is 4. The third kappa shape index (κ3) is 4.17. The molecule has 0 unspecified atom stereocenters. The van der Waals surface area contributed by atoms with Crippen LogP contribution in [0.4, 0.5) is 16.6 Å². The Labute approximate surface area is 160 Å². The van der Waals surface area contributed by atoms with E-state index < -0.39 is 17.7 Å². The minimum absolute atomic E-state index is 0.0635. The number of fused-ring (bicyclic) bond motifs is 1. The van der Waals surface area contributed by atoms with Gasteiger partial charge in [0, 0.05) is 25.0 Å². The maximum Gasteiger partial charge on any atom is 0.414 e. The van der Waals surface area contributed by atoms with E-state index in [4.69, 9.17) is 4.74 Å². The van der Waals surface area contributed by atoms with Crippen molar-refractivity contribution in [2.75, 3.05) is 17.7 Å². The lowest BCUT2D eigenvalue weighted by Crippen LogP contribution is -2.27. The van der Waals surface area contributed by atoms with Crippen LogP contribution in [0.3, 0.4) is 0 Å². The Bertz CT molecular complexity index is 1050. The van der Waals surface area contributed by atoms with Gasteiger partial charge in [-0.15, -0.1) is 5.10 Å². The lowest BCUT2D eigenvalue weighted by molar-refractivity contribution is 0.0632. The molecule has 0 spiro atoms. The van der Waals surface area contributed by atoms with Gasteiger partial charge in [-0.1, -0.05) is 0 Å². The van der Waals surface area contributed by atoms with E-state index in [1.807, 2.05) is 0 Å². The molecule has 10 nitrogen and oxygen atoms in total. The molecule has 0 saturated heterocycles. The van der Waals surface area contributed by atoms with Crippen molar-refractivity contribution in [1.82, 2.24) is 19.6 Å². The summed E-state index contributed by atoms with van der Waals surface area (Å²) in [6.45, 7) is 5.28. The Balaban J connectivity index is 1.90. The van der Waals surface area contributed by atoms with Gasteiger partial charge in [-0.2, -0.15) is 4.98 Å². The Morgan fingerprint density at radius 3 is 2.61 bits per heavy atom. The normalized spacial score (nSPS) is 11.3. The number of rotatable bonds is 4. The predicted molar refractivity (Wildman–Crippen MR) is 103 cm³/mol. The smallest absolute Gasteiger partial charge is 0.414 e. The van der Waals surface area contributed by atoms with Crippen LogP contribution in [-0.2, 0) is 4.74 Å². The van der Waals surface area contributed by atoms with Crippen molar-refractivity contribution in [2.24, 2.45) is 0 Å². The number of carboxylic acids is 1.